The summed E-state index contributed by atoms with van der Waals surface area (Å²) in [5, 5.41) is 23.2. The quantitative estimate of drug-likeness (QED) is 0.502. The first-order chi connectivity index (χ1) is 9.97. The first kappa shape index (κ1) is 15.7. The molecule has 2 rings (SSSR count). The van der Waals surface area contributed by atoms with E-state index in [-0.39, 0.29) is 28.4 Å². The third-order valence-electron chi connectivity index (χ3n) is 3.60. The molecule has 7 nitrogen and oxygen atoms in total. The fraction of sp³-hybridized carbons (Fsp3) is 0.538. The fourth-order valence-electron chi connectivity index (χ4n) is 2.53. The van der Waals surface area contributed by atoms with Gasteiger partial charge in [0.15, 0.2) is 0 Å². The normalized spacial score (nSPS) is 21.8. The van der Waals surface area contributed by atoms with Crippen molar-refractivity contribution < 1.29 is 14.8 Å². The van der Waals surface area contributed by atoms with Gasteiger partial charge in [0.1, 0.15) is 16.9 Å². The van der Waals surface area contributed by atoms with Crippen molar-refractivity contribution in [3.05, 3.63) is 33.1 Å². The highest BCUT2D eigenvalue weighted by atomic mass is 35.5. The summed E-state index contributed by atoms with van der Waals surface area (Å²) in [4.78, 5) is 25.9. The van der Waals surface area contributed by atoms with E-state index in [4.69, 9.17) is 11.6 Å². The van der Waals surface area contributed by atoms with Crippen LogP contribution in [0.1, 0.15) is 36.0 Å². The van der Waals surface area contributed by atoms with Crippen molar-refractivity contribution in [1.82, 2.24) is 10.3 Å². The van der Waals surface area contributed by atoms with Crippen LogP contribution >= 0.6 is 11.6 Å². The Morgan fingerprint density at radius 1 is 1.57 bits per heavy atom. The minimum Gasteiger partial charge on any atom is -0.393 e. The molecule has 0 radical (unpaired) electrons. The van der Waals surface area contributed by atoms with Crippen molar-refractivity contribution in [2.45, 2.75) is 31.8 Å². The highest BCUT2D eigenvalue weighted by Gasteiger charge is 2.24. The summed E-state index contributed by atoms with van der Waals surface area (Å²) in [7, 11) is 0. The van der Waals surface area contributed by atoms with E-state index in [1.54, 1.807) is 0 Å². The number of aliphatic hydroxyl groups is 1. The summed E-state index contributed by atoms with van der Waals surface area (Å²) in [5.41, 5.74) is -0.475. The Labute approximate surface area is 126 Å². The fourth-order valence-corrected chi connectivity index (χ4v) is 2.69. The Hall–Kier alpha value is -1.73. The number of hydrogen-bond acceptors (Lipinski definition) is 5. The van der Waals surface area contributed by atoms with E-state index in [0.717, 1.165) is 25.5 Å². The predicted molar refractivity (Wildman–Crippen MR) is 76.2 cm³/mol. The maximum atomic E-state index is 12.1. The van der Waals surface area contributed by atoms with Crippen molar-refractivity contribution in [1.29, 1.82) is 0 Å². The molecule has 0 aliphatic heterocycles. The third kappa shape index (κ3) is 4.12. The minimum absolute atomic E-state index is 0.0267. The molecule has 1 aromatic rings. The second-order valence-corrected chi connectivity index (χ2v) is 5.57. The number of pyridine rings is 1. The Bertz CT molecular complexity index is 552. The van der Waals surface area contributed by atoms with Crippen LogP contribution in [0.3, 0.4) is 0 Å². The maximum absolute atomic E-state index is 12.1. The molecular weight excluding hydrogens is 298 g/mol. The standard InChI is InChI=1S/C13H16ClN3O4/c14-12-5-10(11(7-15-12)17(20)21)13(19)16-6-8-2-1-3-9(18)4-8/h5,7-9,18H,1-4,6H2,(H,16,19). The molecule has 8 heteroatoms. The Morgan fingerprint density at radius 2 is 2.33 bits per heavy atom. The molecule has 0 saturated heterocycles. The van der Waals surface area contributed by atoms with Crippen molar-refractivity contribution in [2.75, 3.05) is 6.54 Å². The van der Waals surface area contributed by atoms with E-state index in [2.05, 4.69) is 10.3 Å². The molecule has 1 heterocycles. The number of amides is 1. The summed E-state index contributed by atoms with van der Waals surface area (Å²) in [6.07, 6.45) is 3.92. The van der Waals surface area contributed by atoms with Crippen LogP contribution < -0.4 is 5.32 Å². The smallest absolute Gasteiger partial charge is 0.300 e. The lowest BCUT2D eigenvalue weighted by Crippen LogP contribution is -2.33. The van der Waals surface area contributed by atoms with Gasteiger partial charge in [-0.15, -0.1) is 0 Å². The van der Waals surface area contributed by atoms with Gasteiger partial charge in [0.25, 0.3) is 11.6 Å². The lowest BCUT2D eigenvalue weighted by molar-refractivity contribution is -0.385. The Morgan fingerprint density at radius 3 is 3.00 bits per heavy atom. The van der Waals surface area contributed by atoms with Crippen LogP contribution in [0.25, 0.3) is 0 Å². The summed E-state index contributed by atoms with van der Waals surface area (Å²) in [6, 6.07) is 1.19. The zero-order valence-electron chi connectivity index (χ0n) is 11.3. The highest BCUT2D eigenvalue weighted by molar-refractivity contribution is 6.29. The molecule has 21 heavy (non-hydrogen) atoms. The first-order valence-corrected chi connectivity index (χ1v) is 7.11. The molecule has 2 atom stereocenters. The number of halogens is 1. The van der Waals surface area contributed by atoms with E-state index < -0.39 is 10.8 Å². The van der Waals surface area contributed by atoms with Crippen molar-refractivity contribution in [2.24, 2.45) is 5.92 Å². The summed E-state index contributed by atoms with van der Waals surface area (Å²) >= 11 is 5.69. The van der Waals surface area contributed by atoms with Crippen LogP contribution in [0.4, 0.5) is 5.69 Å². The number of carbonyl (C=O) groups is 1. The monoisotopic (exact) mass is 313 g/mol. The molecule has 2 N–H and O–H groups in total. The van der Waals surface area contributed by atoms with Crippen molar-refractivity contribution in [3.8, 4) is 0 Å². The SMILES string of the molecule is O=C(NCC1CCCC(O)C1)c1cc(Cl)ncc1[N+](=O)[O-]. The number of nitro groups is 1. The summed E-state index contributed by atoms with van der Waals surface area (Å²) in [6.45, 7) is 0.382. The molecule has 0 aromatic carbocycles. The van der Waals surface area contributed by atoms with Gasteiger partial charge in [-0.1, -0.05) is 18.0 Å². The van der Waals surface area contributed by atoms with Gasteiger partial charge in [-0.2, -0.15) is 0 Å². The number of rotatable bonds is 4. The van der Waals surface area contributed by atoms with Crippen LogP contribution in [-0.2, 0) is 0 Å². The second-order valence-electron chi connectivity index (χ2n) is 5.18. The number of aliphatic hydroxyl groups excluding tert-OH is 1. The van der Waals surface area contributed by atoms with Crippen molar-refractivity contribution in [3.63, 3.8) is 0 Å². The zero-order chi connectivity index (χ0) is 15.4. The second kappa shape index (κ2) is 6.82. The van der Waals surface area contributed by atoms with Gasteiger partial charge in [-0.3, -0.25) is 14.9 Å². The van der Waals surface area contributed by atoms with Gasteiger partial charge in [-0.25, -0.2) is 4.98 Å². The molecule has 114 valence electrons. The maximum Gasteiger partial charge on any atom is 0.300 e. The molecular formula is C13H16ClN3O4. The van der Waals surface area contributed by atoms with Crippen LogP contribution in [0.15, 0.2) is 12.3 Å². The van der Waals surface area contributed by atoms with Crippen LogP contribution in [0.5, 0.6) is 0 Å². The molecule has 0 spiro atoms. The number of carbonyl (C=O) groups excluding carboxylic acids is 1. The van der Waals surface area contributed by atoms with E-state index in [9.17, 15) is 20.0 Å². The van der Waals surface area contributed by atoms with Crippen LogP contribution in [0, 0.1) is 16.0 Å². The summed E-state index contributed by atoms with van der Waals surface area (Å²) in [5.74, 6) is -0.361. The lowest BCUT2D eigenvalue weighted by atomic mass is 9.87. The number of aromatic nitrogens is 1. The lowest BCUT2D eigenvalue weighted by Gasteiger charge is -2.25. The number of nitrogens with one attached hydrogen (secondary N) is 1. The number of nitrogens with zero attached hydrogens (tertiary/aromatic N) is 2. The highest BCUT2D eigenvalue weighted by Crippen LogP contribution is 2.24. The van der Waals surface area contributed by atoms with Gasteiger partial charge in [0.2, 0.25) is 0 Å². The minimum atomic E-state index is -0.664. The van der Waals surface area contributed by atoms with E-state index in [1.165, 1.54) is 6.07 Å². The first-order valence-electron chi connectivity index (χ1n) is 6.73. The van der Waals surface area contributed by atoms with Crippen LogP contribution in [-0.4, -0.2) is 33.6 Å². The Balaban J connectivity index is 2.03. The molecule has 1 fully saturated rings. The number of hydrogen-bond donors (Lipinski definition) is 2. The van der Waals surface area contributed by atoms with Gasteiger partial charge < -0.3 is 10.4 Å². The summed E-state index contributed by atoms with van der Waals surface area (Å²) < 4.78 is 0. The molecule has 1 aliphatic rings. The average Bonchev–Trinajstić information content (AvgIpc) is 2.44. The molecule has 0 bridgehead atoms. The third-order valence-corrected chi connectivity index (χ3v) is 3.80. The van der Waals surface area contributed by atoms with E-state index in [0.29, 0.717) is 13.0 Å². The molecule has 1 aliphatic carbocycles. The topological polar surface area (TPSA) is 105 Å². The molecule has 1 aromatic heterocycles. The largest absolute Gasteiger partial charge is 0.393 e. The van der Waals surface area contributed by atoms with Gasteiger partial charge in [-0.05, 0) is 31.2 Å². The zero-order valence-corrected chi connectivity index (χ0v) is 12.0. The molecule has 2 unspecified atom stereocenters. The predicted octanol–water partition coefficient (Wildman–Crippen LogP) is 1.92. The van der Waals surface area contributed by atoms with Gasteiger partial charge >= 0.3 is 0 Å². The van der Waals surface area contributed by atoms with Crippen molar-refractivity contribution >= 4 is 23.2 Å². The van der Waals surface area contributed by atoms with Crippen LogP contribution in [0.2, 0.25) is 5.15 Å². The molecule has 1 amide bonds. The Kier molecular flexibility index (Phi) is 5.08. The van der Waals surface area contributed by atoms with E-state index >= 15 is 0 Å². The van der Waals surface area contributed by atoms with Gasteiger partial charge in [0, 0.05) is 6.54 Å². The molecule has 1 saturated carbocycles. The van der Waals surface area contributed by atoms with Gasteiger partial charge in [0.05, 0.1) is 11.0 Å². The van der Waals surface area contributed by atoms with E-state index in [1.807, 2.05) is 0 Å². The average molecular weight is 314 g/mol.